The van der Waals surface area contributed by atoms with Gasteiger partial charge in [-0.15, -0.1) is 0 Å². The Balaban J connectivity index is 1.98. The first-order valence-electron chi connectivity index (χ1n) is 9.24. The van der Waals surface area contributed by atoms with Crippen LogP contribution in [0, 0.1) is 0 Å². The number of esters is 1. The molecule has 29 heavy (non-hydrogen) atoms. The van der Waals surface area contributed by atoms with Crippen LogP contribution in [0.15, 0.2) is 46.6 Å². The zero-order valence-corrected chi connectivity index (χ0v) is 16.9. The molecule has 158 valence electrons. The normalized spacial score (nSPS) is 12.4. The largest absolute Gasteiger partial charge is 0.497 e. The monoisotopic (exact) mass is 405 g/mol. The Morgan fingerprint density at radius 2 is 2.03 bits per heavy atom. The molecule has 0 saturated carbocycles. The van der Waals surface area contributed by atoms with Crippen LogP contribution in [0.25, 0.3) is 0 Å². The molecular formula is C20H27N3O6. The van der Waals surface area contributed by atoms with Gasteiger partial charge in [0.2, 0.25) is 0 Å². The first kappa shape index (κ1) is 22.4. The summed E-state index contributed by atoms with van der Waals surface area (Å²) in [5, 5.41) is 10.6. The fourth-order valence-corrected chi connectivity index (χ4v) is 2.47. The molecule has 1 aromatic carbocycles. The van der Waals surface area contributed by atoms with E-state index in [0.29, 0.717) is 19.6 Å². The van der Waals surface area contributed by atoms with E-state index in [2.05, 4.69) is 20.3 Å². The van der Waals surface area contributed by atoms with Crippen molar-refractivity contribution in [2.24, 2.45) is 0 Å². The van der Waals surface area contributed by atoms with E-state index >= 15 is 0 Å². The molecule has 0 aliphatic carbocycles. The molecule has 9 heteroatoms. The van der Waals surface area contributed by atoms with Crippen LogP contribution in [0.2, 0.25) is 0 Å². The molecule has 0 aliphatic rings. The van der Waals surface area contributed by atoms with Gasteiger partial charge in [0.15, 0.2) is 0 Å². The van der Waals surface area contributed by atoms with Crippen molar-refractivity contribution in [1.29, 1.82) is 0 Å². The first-order chi connectivity index (χ1) is 14.2. The average Bonchev–Trinajstić information content (AvgIpc) is 3.21. The lowest BCUT2D eigenvalue weighted by molar-refractivity contribution is -0.0336. The summed E-state index contributed by atoms with van der Waals surface area (Å²) < 4.78 is 26.0. The number of ether oxygens (including phenoxy) is 4. The number of methoxy groups -OCH3 is 2. The quantitative estimate of drug-likeness (QED) is 0.233. The molecule has 1 atom stereocenters. The summed E-state index contributed by atoms with van der Waals surface area (Å²) in [6.45, 7) is 3.03. The smallest absolute Gasteiger partial charge is 0.396 e. The van der Waals surface area contributed by atoms with Gasteiger partial charge in [-0.1, -0.05) is 47.5 Å². The summed E-state index contributed by atoms with van der Waals surface area (Å²) in [7, 11) is 2.80. The van der Waals surface area contributed by atoms with E-state index in [-0.39, 0.29) is 24.7 Å². The van der Waals surface area contributed by atoms with Crippen molar-refractivity contribution in [3.05, 3.63) is 53.6 Å². The lowest BCUT2D eigenvalue weighted by atomic mass is 10.1. The van der Waals surface area contributed by atoms with Crippen LogP contribution in [0.1, 0.15) is 36.0 Å². The second-order valence-electron chi connectivity index (χ2n) is 6.15. The summed E-state index contributed by atoms with van der Waals surface area (Å²) in [6, 6.07) is 9.86. The topological polar surface area (TPSA) is 105 Å². The SMILES string of the molecule is CC/C(=C\OCc1ccccc1)C[C@H](COCOC)Nc1nnc(C(=O)OC)o1. The molecule has 1 heterocycles. The Kier molecular flexibility index (Phi) is 9.67. The van der Waals surface area contributed by atoms with Gasteiger partial charge in [-0.05, 0) is 24.0 Å². The van der Waals surface area contributed by atoms with Crippen LogP contribution in [0.4, 0.5) is 6.01 Å². The van der Waals surface area contributed by atoms with Crippen LogP contribution < -0.4 is 5.32 Å². The van der Waals surface area contributed by atoms with Crippen LogP contribution >= 0.6 is 0 Å². The number of nitrogens with one attached hydrogen (secondary N) is 1. The predicted octanol–water partition coefficient (Wildman–Crippen LogP) is 3.16. The number of carbonyl (C=O) groups excluding carboxylic acids is 1. The predicted molar refractivity (Wildman–Crippen MR) is 105 cm³/mol. The minimum absolute atomic E-state index is 0.108. The highest BCUT2D eigenvalue weighted by Crippen LogP contribution is 2.16. The summed E-state index contributed by atoms with van der Waals surface area (Å²) in [5.41, 5.74) is 2.17. The lowest BCUT2D eigenvalue weighted by Crippen LogP contribution is -2.27. The van der Waals surface area contributed by atoms with Crippen molar-refractivity contribution < 1.29 is 28.2 Å². The van der Waals surface area contributed by atoms with Gasteiger partial charge in [-0.25, -0.2) is 4.79 Å². The van der Waals surface area contributed by atoms with Crippen LogP contribution in [-0.2, 0) is 25.6 Å². The maximum Gasteiger partial charge on any atom is 0.396 e. The Morgan fingerprint density at radius 3 is 2.72 bits per heavy atom. The third-order valence-electron chi connectivity index (χ3n) is 3.94. The lowest BCUT2D eigenvalue weighted by Gasteiger charge is -2.18. The number of benzene rings is 1. The standard InChI is InChI=1S/C20H27N3O6/c1-4-15(11-27-12-16-8-6-5-7-9-16)10-17(13-28-14-25-2)21-20-23-22-18(29-20)19(24)26-3/h5-9,11,17H,4,10,12-14H2,1-3H3,(H,21,23)/b15-11+/t17-/m1/s1. The molecular weight excluding hydrogens is 378 g/mol. The van der Waals surface area contributed by atoms with Gasteiger partial charge >= 0.3 is 17.9 Å². The second-order valence-corrected chi connectivity index (χ2v) is 6.15. The Morgan fingerprint density at radius 1 is 1.24 bits per heavy atom. The summed E-state index contributed by atoms with van der Waals surface area (Å²) in [4.78, 5) is 11.5. The molecule has 9 nitrogen and oxygen atoms in total. The number of rotatable bonds is 13. The summed E-state index contributed by atoms with van der Waals surface area (Å²) in [6.07, 6.45) is 3.19. The van der Waals surface area contributed by atoms with Gasteiger partial charge < -0.3 is 28.7 Å². The van der Waals surface area contributed by atoms with Crippen LogP contribution in [0.3, 0.4) is 0 Å². The molecule has 0 aliphatic heterocycles. The van der Waals surface area contributed by atoms with E-state index in [4.69, 9.17) is 18.6 Å². The van der Waals surface area contributed by atoms with Gasteiger partial charge in [-0.3, -0.25) is 0 Å². The van der Waals surface area contributed by atoms with E-state index < -0.39 is 5.97 Å². The highest BCUT2D eigenvalue weighted by molar-refractivity contribution is 5.83. The molecule has 1 aromatic heterocycles. The number of carbonyl (C=O) groups is 1. The van der Waals surface area contributed by atoms with Crippen LogP contribution in [-0.4, -0.2) is 49.8 Å². The van der Waals surface area contributed by atoms with Crippen molar-refractivity contribution in [2.45, 2.75) is 32.4 Å². The third kappa shape index (κ3) is 7.92. The zero-order valence-electron chi connectivity index (χ0n) is 16.9. The summed E-state index contributed by atoms with van der Waals surface area (Å²) >= 11 is 0. The van der Waals surface area contributed by atoms with Gasteiger partial charge in [0.25, 0.3) is 0 Å². The molecule has 2 aromatic rings. The Bertz CT molecular complexity index is 763. The van der Waals surface area contributed by atoms with Crippen molar-refractivity contribution in [1.82, 2.24) is 10.2 Å². The molecule has 0 spiro atoms. The second kappa shape index (κ2) is 12.5. The van der Waals surface area contributed by atoms with Gasteiger partial charge in [0.05, 0.1) is 26.0 Å². The van der Waals surface area contributed by atoms with E-state index in [0.717, 1.165) is 17.6 Å². The van der Waals surface area contributed by atoms with Crippen molar-refractivity contribution in [2.75, 3.05) is 32.9 Å². The highest BCUT2D eigenvalue weighted by Gasteiger charge is 2.18. The molecule has 0 radical (unpaired) electrons. The summed E-state index contributed by atoms with van der Waals surface area (Å²) in [5.74, 6) is -0.912. The number of hydrogen-bond donors (Lipinski definition) is 1. The fourth-order valence-electron chi connectivity index (χ4n) is 2.47. The van der Waals surface area contributed by atoms with Gasteiger partial charge in [0, 0.05) is 7.11 Å². The van der Waals surface area contributed by atoms with E-state index in [1.165, 1.54) is 7.11 Å². The highest BCUT2D eigenvalue weighted by atomic mass is 16.7. The Hall–Kier alpha value is -2.91. The molecule has 0 unspecified atom stereocenters. The van der Waals surface area contributed by atoms with Gasteiger partial charge in [-0.2, -0.15) is 0 Å². The average molecular weight is 405 g/mol. The number of anilines is 1. The number of nitrogens with zero attached hydrogens (tertiary/aromatic N) is 2. The molecule has 2 rings (SSSR count). The van der Waals surface area contributed by atoms with Crippen molar-refractivity contribution >= 4 is 12.0 Å². The molecule has 0 fully saturated rings. The maximum absolute atomic E-state index is 11.5. The molecule has 1 N–H and O–H groups in total. The maximum atomic E-state index is 11.5. The minimum Gasteiger partial charge on any atom is -0.497 e. The van der Waals surface area contributed by atoms with E-state index in [1.54, 1.807) is 13.4 Å². The van der Waals surface area contributed by atoms with Gasteiger partial charge in [0.1, 0.15) is 13.4 Å². The van der Waals surface area contributed by atoms with Crippen molar-refractivity contribution in [3.8, 4) is 0 Å². The molecule has 0 bridgehead atoms. The minimum atomic E-state index is -0.693. The number of aromatic nitrogens is 2. The van der Waals surface area contributed by atoms with E-state index in [1.807, 2.05) is 37.3 Å². The third-order valence-corrected chi connectivity index (χ3v) is 3.94. The fraction of sp³-hybridized carbons (Fsp3) is 0.450. The molecule has 0 saturated heterocycles. The van der Waals surface area contributed by atoms with Crippen molar-refractivity contribution in [3.63, 3.8) is 0 Å². The number of hydrogen-bond acceptors (Lipinski definition) is 9. The van der Waals surface area contributed by atoms with Crippen LogP contribution in [0.5, 0.6) is 0 Å². The van der Waals surface area contributed by atoms with E-state index in [9.17, 15) is 4.79 Å². The first-order valence-corrected chi connectivity index (χ1v) is 9.24. The molecule has 0 amide bonds. The zero-order chi connectivity index (χ0) is 20.9. The Labute approximate surface area is 170 Å².